The molecule has 0 amide bonds. The van der Waals surface area contributed by atoms with E-state index in [2.05, 4.69) is 59.0 Å². The summed E-state index contributed by atoms with van der Waals surface area (Å²) in [6, 6.07) is 8.54. The number of halogens is 1. The molecule has 0 N–H and O–H groups in total. The summed E-state index contributed by atoms with van der Waals surface area (Å²) in [4.78, 5) is 6.46. The standard InChI is InChI=1S/C17H22BrN3O3S/c1-12(2)17(3,13-4-6-14(18)7-5-13)15-19-16(24-20-15)21-8-10-25(22,23)11-9-21/h4-7,12H,8-11H2,1-3H3. The van der Waals surface area contributed by atoms with Crippen molar-refractivity contribution in [1.82, 2.24) is 10.1 Å². The van der Waals surface area contributed by atoms with Crippen molar-refractivity contribution in [2.24, 2.45) is 5.92 Å². The van der Waals surface area contributed by atoms with Gasteiger partial charge in [-0.1, -0.05) is 47.1 Å². The Kier molecular flexibility index (Phi) is 4.94. The maximum Gasteiger partial charge on any atom is 0.324 e. The van der Waals surface area contributed by atoms with Crippen LogP contribution in [0.3, 0.4) is 0 Å². The van der Waals surface area contributed by atoms with E-state index in [4.69, 9.17) is 4.52 Å². The fourth-order valence-electron chi connectivity index (χ4n) is 2.98. The first-order chi connectivity index (χ1) is 11.7. The highest BCUT2D eigenvalue weighted by molar-refractivity contribution is 9.10. The molecule has 1 unspecified atom stereocenters. The second kappa shape index (κ2) is 6.72. The van der Waals surface area contributed by atoms with Gasteiger partial charge >= 0.3 is 6.01 Å². The molecule has 0 saturated carbocycles. The monoisotopic (exact) mass is 427 g/mol. The first kappa shape index (κ1) is 18.4. The quantitative estimate of drug-likeness (QED) is 0.745. The summed E-state index contributed by atoms with van der Waals surface area (Å²) < 4.78 is 29.7. The Hall–Kier alpha value is -1.41. The third-order valence-electron chi connectivity index (χ3n) is 5.09. The zero-order chi connectivity index (χ0) is 18.2. The van der Waals surface area contributed by atoms with Gasteiger partial charge < -0.3 is 9.42 Å². The smallest absolute Gasteiger partial charge is 0.322 e. The number of nitrogens with zero attached hydrogens (tertiary/aromatic N) is 3. The van der Waals surface area contributed by atoms with E-state index in [1.165, 1.54) is 0 Å². The Balaban J connectivity index is 1.91. The molecule has 1 saturated heterocycles. The second-order valence-electron chi connectivity index (χ2n) is 6.90. The van der Waals surface area contributed by atoms with Crippen LogP contribution >= 0.6 is 15.9 Å². The molecule has 0 spiro atoms. The van der Waals surface area contributed by atoms with Crippen LogP contribution in [0, 0.1) is 5.92 Å². The van der Waals surface area contributed by atoms with Crippen molar-refractivity contribution in [3.63, 3.8) is 0 Å². The minimum absolute atomic E-state index is 0.124. The molecule has 3 rings (SSSR count). The third kappa shape index (κ3) is 3.60. The number of rotatable bonds is 4. The highest BCUT2D eigenvalue weighted by Gasteiger charge is 2.38. The summed E-state index contributed by atoms with van der Waals surface area (Å²) in [6.45, 7) is 7.15. The van der Waals surface area contributed by atoms with Crippen LogP contribution in [-0.4, -0.2) is 43.2 Å². The van der Waals surface area contributed by atoms with Crippen LogP contribution in [0.4, 0.5) is 6.01 Å². The molecular weight excluding hydrogens is 406 g/mol. The van der Waals surface area contributed by atoms with E-state index < -0.39 is 15.3 Å². The number of aromatic nitrogens is 2. The van der Waals surface area contributed by atoms with Crippen molar-refractivity contribution in [3.05, 3.63) is 40.1 Å². The lowest BCUT2D eigenvalue weighted by atomic mass is 9.73. The predicted octanol–water partition coefficient (Wildman–Crippen LogP) is 3.03. The normalized spacial score (nSPS) is 19.8. The van der Waals surface area contributed by atoms with Gasteiger partial charge in [0.15, 0.2) is 15.7 Å². The summed E-state index contributed by atoms with van der Waals surface area (Å²) in [7, 11) is -2.94. The van der Waals surface area contributed by atoms with Crippen LogP contribution in [0.2, 0.25) is 0 Å². The van der Waals surface area contributed by atoms with Crippen molar-refractivity contribution >= 4 is 31.8 Å². The number of benzene rings is 1. The molecule has 1 atom stereocenters. The van der Waals surface area contributed by atoms with E-state index in [9.17, 15) is 8.42 Å². The molecule has 6 nitrogen and oxygen atoms in total. The van der Waals surface area contributed by atoms with Gasteiger partial charge in [-0.25, -0.2) is 8.42 Å². The van der Waals surface area contributed by atoms with Gasteiger partial charge in [-0.2, -0.15) is 4.98 Å². The van der Waals surface area contributed by atoms with Gasteiger partial charge in [0.2, 0.25) is 0 Å². The Morgan fingerprint density at radius 2 is 1.80 bits per heavy atom. The van der Waals surface area contributed by atoms with Crippen LogP contribution in [0.1, 0.15) is 32.2 Å². The minimum Gasteiger partial charge on any atom is -0.322 e. The van der Waals surface area contributed by atoms with Gasteiger partial charge in [0, 0.05) is 17.6 Å². The molecule has 1 aliphatic rings. The predicted molar refractivity (Wildman–Crippen MR) is 101 cm³/mol. The molecule has 0 bridgehead atoms. The lowest BCUT2D eigenvalue weighted by Gasteiger charge is -2.31. The van der Waals surface area contributed by atoms with E-state index in [-0.39, 0.29) is 17.4 Å². The molecule has 2 heterocycles. The number of hydrogen-bond donors (Lipinski definition) is 0. The first-order valence-corrected chi connectivity index (χ1v) is 10.9. The van der Waals surface area contributed by atoms with E-state index in [0.29, 0.717) is 24.9 Å². The fourth-order valence-corrected chi connectivity index (χ4v) is 4.44. The third-order valence-corrected chi connectivity index (χ3v) is 7.23. The lowest BCUT2D eigenvalue weighted by Crippen LogP contribution is -2.40. The molecule has 8 heteroatoms. The van der Waals surface area contributed by atoms with Gasteiger partial charge in [-0.3, -0.25) is 0 Å². The fraction of sp³-hybridized carbons (Fsp3) is 0.529. The molecule has 1 fully saturated rings. The Morgan fingerprint density at radius 1 is 1.20 bits per heavy atom. The SMILES string of the molecule is CC(C)C(C)(c1ccc(Br)cc1)c1noc(N2CCS(=O)(=O)CC2)n1. The van der Waals surface area contributed by atoms with Crippen LogP contribution in [-0.2, 0) is 15.3 Å². The second-order valence-corrected chi connectivity index (χ2v) is 10.1. The van der Waals surface area contributed by atoms with Gasteiger partial charge in [0.05, 0.1) is 16.9 Å². The average Bonchev–Trinajstić information content (AvgIpc) is 3.05. The lowest BCUT2D eigenvalue weighted by molar-refractivity contribution is 0.348. The largest absolute Gasteiger partial charge is 0.324 e. The molecule has 0 aliphatic carbocycles. The summed E-state index contributed by atoms with van der Waals surface area (Å²) in [5.41, 5.74) is 0.712. The maximum absolute atomic E-state index is 11.6. The Bertz CT molecular complexity index is 834. The Labute approximate surface area is 156 Å². The zero-order valence-electron chi connectivity index (χ0n) is 14.6. The summed E-state index contributed by atoms with van der Waals surface area (Å²) in [5, 5.41) is 4.23. The van der Waals surface area contributed by atoms with Gasteiger partial charge in [0.25, 0.3) is 0 Å². The van der Waals surface area contributed by atoms with Gasteiger partial charge in [-0.15, -0.1) is 0 Å². The van der Waals surface area contributed by atoms with E-state index in [1.54, 1.807) is 0 Å². The molecule has 0 radical (unpaired) electrons. The van der Waals surface area contributed by atoms with Crippen LogP contribution in [0.5, 0.6) is 0 Å². The van der Waals surface area contributed by atoms with E-state index in [1.807, 2.05) is 17.0 Å². The van der Waals surface area contributed by atoms with Crippen molar-refractivity contribution < 1.29 is 12.9 Å². The molecule has 2 aromatic rings. The topological polar surface area (TPSA) is 76.3 Å². The summed E-state index contributed by atoms with van der Waals surface area (Å²) in [5.74, 6) is 1.12. The summed E-state index contributed by atoms with van der Waals surface area (Å²) in [6.07, 6.45) is 0. The average molecular weight is 428 g/mol. The molecular formula is C17H22BrN3O3S. The highest BCUT2D eigenvalue weighted by atomic mass is 79.9. The van der Waals surface area contributed by atoms with E-state index in [0.717, 1.165) is 10.0 Å². The number of hydrogen-bond acceptors (Lipinski definition) is 6. The first-order valence-electron chi connectivity index (χ1n) is 8.28. The molecule has 136 valence electrons. The van der Waals surface area contributed by atoms with Crippen LogP contribution < -0.4 is 4.90 Å². The maximum atomic E-state index is 11.6. The molecule has 25 heavy (non-hydrogen) atoms. The minimum atomic E-state index is -2.94. The Morgan fingerprint density at radius 3 is 2.36 bits per heavy atom. The van der Waals surface area contributed by atoms with Crippen LogP contribution in [0.15, 0.2) is 33.3 Å². The molecule has 1 aliphatic heterocycles. The summed E-state index contributed by atoms with van der Waals surface area (Å²) >= 11 is 3.47. The van der Waals surface area contributed by atoms with Crippen molar-refractivity contribution in [1.29, 1.82) is 0 Å². The van der Waals surface area contributed by atoms with Gasteiger partial charge in [0.1, 0.15) is 0 Å². The number of anilines is 1. The highest BCUT2D eigenvalue weighted by Crippen LogP contribution is 2.38. The van der Waals surface area contributed by atoms with Crippen LogP contribution in [0.25, 0.3) is 0 Å². The number of sulfone groups is 1. The zero-order valence-corrected chi connectivity index (χ0v) is 17.0. The molecule has 1 aromatic carbocycles. The van der Waals surface area contributed by atoms with Crippen molar-refractivity contribution in [2.45, 2.75) is 26.2 Å². The van der Waals surface area contributed by atoms with E-state index >= 15 is 0 Å². The van der Waals surface area contributed by atoms with Gasteiger partial charge in [-0.05, 0) is 30.5 Å². The van der Waals surface area contributed by atoms with Crippen molar-refractivity contribution in [3.8, 4) is 0 Å². The molecule has 1 aromatic heterocycles. The van der Waals surface area contributed by atoms with Crippen molar-refractivity contribution in [2.75, 3.05) is 29.5 Å².